The first kappa shape index (κ1) is 23.1. The van der Waals surface area contributed by atoms with E-state index in [9.17, 15) is 9.59 Å². The van der Waals surface area contributed by atoms with E-state index < -0.39 is 0 Å². The molecule has 8 nitrogen and oxygen atoms in total. The molecule has 0 radical (unpaired) electrons. The maximum absolute atomic E-state index is 13.0. The number of hydrogen-bond donors (Lipinski definition) is 0. The molecule has 0 aromatic carbocycles. The first-order valence-corrected chi connectivity index (χ1v) is 12.0. The average molecular weight is 452 g/mol. The van der Waals surface area contributed by atoms with Crippen molar-refractivity contribution in [3.63, 3.8) is 0 Å². The Morgan fingerprint density at radius 2 is 1.70 bits per heavy atom. The fourth-order valence-corrected chi connectivity index (χ4v) is 4.63. The maximum atomic E-state index is 13.0. The highest BCUT2D eigenvalue weighted by atomic mass is 16.5. The van der Waals surface area contributed by atoms with Gasteiger partial charge in [-0.2, -0.15) is 0 Å². The number of rotatable bonds is 7. The molecular formula is C25H33N5O3. The van der Waals surface area contributed by atoms with Gasteiger partial charge in [0.2, 0.25) is 11.8 Å². The number of pyridine rings is 1. The van der Waals surface area contributed by atoms with Gasteiger partial charge in [-0.25, -0.2) is 4.98 Å². The van der Waals surface area contributed by atoms with Gasteiger partial charge in [0.15, 0.2) is 0 Å². The highest BCUT2D eigenvalue weighted by Crippen LogP contribution is 2.26. The van der Waals surface area contributed by atoms with Gasteiger partial charge in [0.25, 0.3) is 5.91 Å². The van der Waals surface area contributed by atoms with Crippen LogP contribution in [0, 0.1) is 12.8 Å². The number of hydrogen-bond acceptors (Lipinski definition) is 6. The van der Waals surface area contributed by atoms with E-state index in [1.54, 1.807) is 40.5 Å². The van der Waals surface area contributed by atoms with Crippen molar-refractivity contribution in [1.82, 2.24) is 24.8 Å². The van der Waals surface area contributed by atoms with Gasteiger partial charge in [0.05, 0.1) is 24.4 Å². The number of aryl methyl sites for hydroxylation is 1. The van der Waals surface area contributed by atoms with E-state index in [4.69, 9.17) is 4.74 Å². The molecule has 0 N–H and O–H groups in total. The lowest BCUT2D eigenvalue weighted by molar-refractivity contribution is -0.132. The Morgan fingerprint density at radius 1 is 0.970 bits per heavy atom. The Kier molecular flexibility index (Phi) is 7.86. The lowest BCUT2D eigenvalue weighted by atomic mass is 9.87. The summed E-state index contributed by atoms with van der Waals surface area (Å²) in [6, 6.07) is 3.46. The summed E-state index contributed by atoms with van der Waals surface area (Å²) in [5.74, 6) is 1.22. The predicted octanol–water partition coefficient (Wildman–Crippen LogP) is 3.06. The van der Waals surface area contributed by atoms with Gasteiger partial charge >= 0.3 is 0 Å². The number of amides is 2. The van der Waals surface area contributed by atoms with Crippen LogP contribution in [-0.2, 0) is 11.2 Å². The molecule has 0 spiro atoms. The molecule has 2 aromatic rings. The Hall–Kier alpha value is -3.03. The van der Waals surface area contributed by atoms with Gasteiger partial charge in [-0.1, -0.05) is 32.1 Å². The van der Waals surface area contributed by atoms with Gasteiger partial charge < -0.3 is 14.5 Å². The van der Waals surface area contributed by atoms with E-state index >= 15 is 0 Å². The van der Waals surface area contributed by atoms with Crippen molar-refractivity contribution in [2.75, 3.05) is 32.8 Å². The van der Waals surface area contributed by atoms with Crippen LogP contribution in [0.5, 0.6) is 5.88 Å². The van der Waals surface area contributed by atoms with Gasteiger partial charge in [-0.15, -0.1) is 0 Å². The van der Waals surface area contributed by atoms with Crippen molar-refractivity contribution in [3.05, 3.63) is 47.7 Å². The summed E-state index contributed by atoms with van der Waals surface area (Å²) < 4.78 is 5.86. The Labute approximate surface area is 195 Å². The molecule has 2 aromatic heterocycles. The van der Waals surface area contributed by atoms with Gasteiger partial charge in [-0.3, -0.25) is 19.6 Å². The molecule has 176 valence electrons. The smallest absolute Gasteiger partial charge is 0.254 e. The van der Waals surface area contributed by atoms with E-state index in [-0.39, 0.29) is 18.2 Å². The van der Waals surface area contributed by atoms with Crippen molar-refractivity contribution in [2.45, 2.75) is 51.9 Å². The molecule has 4 rings (SSSR count). The zero-order valence-corrected chi connectivity index (χ0v) is 19.4. The molecule has 1 saturated heterocycles. The van der Waals surface area contributed by atoms with Crippen LogP contribution >= 0.6 is 0 Å². The molecule has 2 aliphatic rings. The fraction of sp³-hybridized carbons (Fsp3) is 0.560. The number of aromatic nitrogens is 3. The second kappa shape index (κ2) is 11.2. The third-order valence-corrected chi connectivity index (χ3v) is 6.70. The molecule has 1 aliphatic heterocycles. The highest BCUT2D eigenvalue weighted by Gasteiger charge is 2.26. The number of carbonyl (C=O) groups excluding carboxylic acids is 2. The first-order chi connectivity index (χ1) is 16.1. The fourth-order valence-electron chi connectivity index (χ4n) is 4.63. The van der Waals surface area contributed by atoms with Crippen molar-refractivity contribution in [1.29, 1.82) is 0 Å². The second-order valence-corrected chi connectivity index (χ2v) is 8.96. The van der Waals surface area contributed by atoms with Crippen LogP contribution in [0.2, 0.25) is 0 Å². The Bertz CT molecular complexity index is 953. The van der Waals surface area contributed by atoms with Crippen molar-refractivity contribution in [2.24, 2.45) is 5.92 Å². The molecule has 2 amide bonds. The van der Waals surface area contributed by atoms with Crippen LogP contribution in [-0.4, -0.2) is 69.4 Å². The summed E-state index contributed by atoms with van der Waals surface area (Å²) in [6.07, 6.45) is 12.7. The minimum absolute atomic E-state index is 0.0169. The summed E-state index contributed by atoms with van der Waals surface area (Å²) in [5, 5.41) is 0. The molecular weight excluding hydrogens is 418 g/mol. The predicted molar refractivity (Wildman–Crippen MR) is 124 cm³/mol. The van der Waals surface area contributed by atoms with Crippen molar-refractivity contribution < 1.29 is 14.3 Å². The minimum atomic E-state index is -0.0496. The van der Waals surface area contributed by atoms with E-state index in [2.05, 4.69) is 15.0 Å². The van der Waals surface area contributed by atoms with Crippen LogP contribution in [0.3, 0.4) is 0 Å². The molecule has 3 heterocycles. The quantitative estimate of drug-likeness (QED) is 0.643. The molecule has 1 saturated carbocycles. The van der Waals surface area contributed by atoms with E-state index in [1.165, 1.54) is 32.1 Å². The summed E-state index contributed by atoms with van der Waals surface area (Å²) in [5.41, 5.74) is 2.05. The van der Waals surface area contributed by atoms with E-state index in [0.29, 0.717) is 49.9 Å². The number of piperazine rings is 1. The van der Waals surface area contributed by atoms with Crippen LogP contribution in [0.15, 0.2) is 30.7 Å². The third-order valence-electron chi connectivity index (χ3n) is 6.70. The zero-order chi connectivity index (χ0) is 23.0. The third kappa shape index (κ3) is 6.27. The molecule has 0 bridgehead atoms. The van der Waals surface area contributed by atoms with Gasteiger partial charge in [-0.05, 0) is 25.3 Å². The monoisotopic (exact) mass is 451 g/mol. The van der Waals surface area contributed by atoms with Crippen LogP contribution < -0.4 is 4.74 Å². The Balaban J connectivity index is 1.25. The summed E-state index contributed by atoms with van der Waals surface area (Å²) in [4.78, 5) is 42.0. The van der Waals surface area contributed by atoms with E-state index in [1.807, 2.05) is 6.92 Å². The van der Waals surface area contributed by atoms with Gasteiger partial charge in [0.1, 0.15) is 0 Å². The molecule has 33 heavy (non-hydrogen) atoms. The number of ether oxygens (including phenoxy) is 1. The van der Waals surface area contributed by atoms with Crippen LogP contribution in [0.25, 0.3) is 0 Å². The minimum Gasteiger partial charge on any atom is -0.478 e. The lowest BCUT2D eigenvalue weighted by Crippen LogP contribution is -2.51. The van der Waals surface area contributed by atoms with Crippen LogP contribution in [0.4, 0.5) is 0 Å². The standard InChI is InChI=1S/C25H33N5O3/c1-19-22(27-11-10-26-19)18-24(31)29-12-14-30(15-13-29)25(32)21-7-9-28-23(17-21)33-16-8-20-5-3-2-4-6-20/h7,9-11,17,20H,2-6,8,12-16,18H2,1H3. The highest BCUT2D eigenvalue weighted by molar-refractivity contribution is 5.94. The lowest BCUT2D eigenvalue weighted by Gasteiger charge is -2.35. The van der Waals surface area contributed by atoms with Crippen LogP contribution in [0.1, 0.15) is 60.3 Å². The number of carbonyl (C=O) groups is 2. The van der Waals surface area contributed by atoms with Crippen molar-refractivity contribution >= 4 is 11.8 Å². The largest absolute Gasteiger partial charge is 0.478 e. The topological polar surface area (TPSA) is 88.5 Å². The van der Waals surface area contributed by atoms with E-state index in [0.717, 1.165) is 18.0 Å². The molecule has 0 unspecified atom stereocenters. The number of nitrogens with zero attached hydrogens (tertiary/aromatic N) is 5. The summed E-state index contributed by atoms with van der Waals surface area (Å²) in [6.45, 7) is 4.53. The SMILES string of the molecule is Cc1nccnc1CC(=O)N1CCN(C(=O)c2ccnc(OCCC3CCCCC3)c2)CC1. The molecule has 2 fully saturated rings. The average Bonchev–Trinajstić information content (AvgIpc) is 2.86. The summed E-state index contributed by atoms with van der Waals surface area (Å²) in [7, 11) is 0. The Morgan fingerprint density at radius 3 is 2.45 bits per heavy atom. The molecule has 0 atom stereocenters. The zero-order valence-electron chi connectivity index (χ0n) is 19.4. The second-order valence-electron chi connectivity index (χ2n) is 8.96. The molecule has 1 aliphatic carbocycles. The summed E-state index contributed by atoms with van der Waals surface area (Å²) >= 11 is 0. The normalized spacial score (nSPS) is 17.1. The maximum Gasteiger partial charge on any atom is 0.254 e. The van der Waals surface area contributed by atoms with Gasteiger partial charge in [0, 0.05) is 56.4 Å². The molecule has 8 heteroatoms. The first-order valence-electron chi connectivity index (χ1n) is 12.0. The van der Waals surface area contributed by atoms with Crippen molar-refractivity contribution in [3.8, 4) is 5.88 Å².